The summed E-state index contributed by atoms with van der Waals surface area (Å²) in [5, 5.41) is -0.0380. The highest BCUT2D eigenvalue weighted by atomic mass is 35.5. The van der Waals surface area contributed by atoms with Gasteiger partial charge in [-0.15, -0.1) is 0 Å². The third-order valence-corrected chi connectivity index (χ3v) is 6.38. The van der Waals surface area contributed by atoms with Gasteiger partial charge >= 0.3 is 5.97 Å². The van der Waals surface area contributed by atoms with Crippen LogP contribution in [0.5, 0.6) is 0 Å². The van der Waals surface area contributed by atoms with Gasteiger partial charge in [0.15, 0.2) is 10.8 Å². The Morgan fingerprint density at radius 2 is 1.20 bits per heavy atom. The van der Waals surface area contributed by atoms with E-state index < -0.39 is 5.97 Å². The number of ether oxygens (including phenoxy) is 1. The van der Waals surface area contributed by atoms with Crippen LogP contribution in [0.1, 0.15) is 114 Å². The van der Waals surface area contributed by atoms with Crippen molar-refractivity contribution in [3.05, 3.63) is 20.9 Å². The number of hydrogen-bond donors (Lipinski definition) is 1. The summed E-state index contributed by atoms with van der Waals surface area (Å²) < 4.78 is 5.23. The number of rotatable bonds is 17. The average molecular weight is 480 g/mol. The molecule has 1 rings (SSSR count). The van der Waals surface area contributed by atoms with E-state index in [2.05, 4.69) is 11.9 Å². The van der Waals surface area contributed by atoms with Gasteiger partial charge in [-0.3, -0.25) is 0 Å². The number of nitrogens with two attached hydrogens (primary N) is 1. The van der Waals surface area contributed by atoms with Crippen LogP contribution in [-0.2, 0) is 4.74 Å². The molecule has 7 heteroatoms. The van der Waals surface area contributed by atoms with Crippen molar-refractivity contribution in [2.24, 2.45) is 0 Å². The van der Waals surface area contributed by atoms with Crippen molar-refractivity contribution in [1.82, 2.24) is 4.98 Å². The molecule has 0 atom stereocenters. The Labute approximate surface area is 197 Å². The fraction of sp³-hybridized carbons (Fsp3) is 0.739. The first-order chi connectivity index (χ1) is 14.5. The van der Waals surface area contributed by atoms with Gasteiger partial charge in [-0.05, 0) is 6.42 Å². The summed E-state index contributed by atoms with van der Waals surface area (Å²) in [6, 6.07) is 0. The van der Waals surface area contributed by atoms with Gasteiger partial charge in [-0.1, -0.05) is 132 Å². The van der Waals surface area contributed by atoms with Crippen LogP contribution in [-0.4, -0.2) is 17.6 Å². The van der Waals surface area contributed by atoms with Gasteiger partial charge in [0.2, 0.25) is 0 Å². The Morgan fingerprint density at radius 3 is 1.67 bits per heavy atom. The zero-order chi connectivity index (χ0) is 22.2. The smallest absolute Gasteiger partial charge is 0.358 e. The number of unbranched alkanes of at least 4 members (excludes halogenated alkanes) is 14. The molecule has 0 spiro atoms. The maximum Gasteiger partial charge on any atom is 0.358 e. The molecule has 4 nitrogen and oxygen atoms in total. The van der Waals surface area contributed by atoms with E-state index >= 15 is 0 Å². The van der Waals surface area contributed by atoms with Gasteiger partial charge < -0.3 is 10.5 Å². The molecule has 0 aliphatic carbocycles. The normalized spacial score (nSPS) is 11.1. The zero-order valence-corrected chi connectivity index (χ0v) is 20.6. The number of aromatic nitrogens is 1. The highest BCUT2D eigenvalue weighted by Gasteiger charge is 2.20. The highest BCUT2D eigenvalue weighted by molar-refractivity contribution is 6.46. The molecular weight excluding hydrogens is 443 g/mol. The second-order valence-electron chi connectivity index (χ2n) is 7.88. The summed E-state index contributed by atoms with van der Waals surface area (Å²) in [6.45, 7) is 2.59. The van der Waals surface area contributed by atoms with Crippen LogP contribution in [0, 0.1) is 0 Å². The molecule has 0 bridgehead atoms. The van der Waals surface area contributed by atoms with Crippen molar-refractivity contribution >= 4 is 46.5 Å². The highest BCUT2D eigenvalue weighted by Crippen LogP contribution is 2.34. The summed E-state index contributed by atoms with van der Waals surface area (Å²) in [6.07, 6.45) is 19.3. The zero-order valence-electron chi connectivity index (χ0n) is 18.3. The molecule has 0 amide bonds. The van der Waals surface area contributed by atoms with E-state index in [9.17, 15) is 4.79 Å². The Morgan fingerprint density at radius 1 is 0.767 bits per heavy atom. The van der Waals surface area contributed by atoms with Crippen LogP contribution in [0.15, 0.2) is 0 Å². The van der Waals surface area contributed by atoms with Gasteiger partial charge in [0, 0.05) is 0 Å². The number of carbonyl (C=O) groups is 1. The van der Waals surface area contributed by atoms with Crippen LogP contribution in [0.2, 0.25) is 15.2 Å². The number of pyridine rings is 1. The summed E-state index contributed by atoms with van der Waals surface area (Å²) in [5.74, 6) is -0.629. The molecule has 0 aliphatic rings. The molecule has 0 saturated carbocycles. The molecular formula is C23H37Cl3N2O2. The lowest BCUT2D eigenvalue weighted by molar-refractivity contribution is 0.0491. The van der Waals surface area contributed by atoms with Crippen molar-refractivity contribution in [3.63, 3.8) is 0 Å². The van der Waals surface area contributed by atoms with E-state index in [0.717, 1.165) is 19.3 Å². The second-order valence-corrected chi connectivity index (χ2v) is 8.99. The molecule has 2 N–H and O–H groups in total. The van der Waals surface area contributed by atoms with Gasteiger partial charge in [0.25, 0.3) is 0 Å². The lowest BCUT2D eigenvalue weighted by Gasteiger charge is -2.09. The minimum Gasteiger partial charge on any atom is -0.461 e. The fourth-order valence-corrected chi connectivity index (χ4v) is 3.96. The van der Waals surface area contributed by atoms with Gasteiger partial charge in [0.05, 0.1) is 17.3 Å². The van der Waals surface area contributed by atoms with Crippen molar-refractivity contribution in [2.75, 3.05) is 12.3 Å². The molecule has 1 heterocycles. The van der Waals surface area contributed by atoms with Gasteiger partial charge in [-0.2, -0.15) is 0 Å². The summed E-state index contributed by atoms with van der Waals surface area (Å²) in [7, 11) is 0. The van der Waals surface area contributed by atoms with Gasteiger partial charge in [0.1, 0.15) is 5.02 Å². The minimum absolute atomic E-state index is 0.0223. The van der Waals surface area contributed by atoms with E-state index in [4.69, 9.17) is 45.3 Å². The molecule has 0 radical (unpaired) electrons. The maximum absolute atomic E-state index is 12.1. The quantitative estimate of drug-likeness (QED) is 0.138. The van der Waals surface area contributed by atoms with Crippen molar-refractivity contribution < 1.29 is 9.53 Å². The van der Waals surface area contributed by atoms with Gasteiger partial charge in [-0.25, -0.2) is 9.78 Å². The summed E-state index contributed by atoms with van der Waals surface area (Å²) in [4.78, 5) is 16.0. The Bertz CT molecular complexity index is 627. The van der Waals surface area contributed by atoms with Crippen LogP contribution in [0.25, 0.3) is 0 Å². The minimum atomic E-state index is -0.629. The molecule has 172 valence electrons. The van der Waals surface area contributed by atoms with Crippen molar-refractivity contribution in [3.8, 4) is 0 Å². The third kappa shape index (κ3) is 11.1. The summed E-state index contributed by atoms with van der Waals surface area (Å²) in [5.41, 5.74) is 5.66. The molecule has 0 unspecified atom stereocenters. The number of hydrogen-bond acceptors (Lipinski definition) is 4. The number of anilines is 1. The molecule has 0 aromatic carbocycles. The molecule has 1 aromatic rings. The first-order valence-electron chi connectivity index (χ1n) is 11.5. The van der Waals surface area contributed by atoms with Crippen molar-refractivity contribution in [2.45, 2.75) is 103 Å². The van der Waals surface area contributed by atoms with E-state index in [1.165, 1.54) is 77.0 Å². The predicted octanol–water partition coefficient (Wildman–Crippen LogP) is 8.65. The number of esters is 1. The van der Waals surface area contributed by atoms with Crippen LogP contribution >= 0.6 is 34.8 Å². The van der Waals surface area contributed by atoms with E-state index in [-0.39, 0.29) is 26.6 Å². The standard InChI is InChI=1S/C23H37Cl3N2O2/c1-2-3-4-5-6-7-8-9-10-11-12-13-14-15-16-17-30-23(29)21-18(24)20(27)19(25)22(26)28-21/h2-17H2,1H3,(H2,27,28). The van der Waals surface area contributed by atoms with E-state index in [0.29, 0.717) is 6.61 Å². The fourth-order valence-electron chi connectivity index (χ4n) is 3.37. The first-order valence-corrected chi connectivity index (χ1v) is 12.6. The Hall–Kier alpha value is -0.710. The average Bonchev–Trinajstić information content (AvgIpc) is 2.74. The lowest BCUT2D eigenvalue weighted by Crippen LogP contribution is -2.11. The topological polar surface area (TPSA) is 65.2 Å². The van der Waals surface area contributed by atoms with Crippen LogP contribution in [0.3, 0.4) is 0 Å². The molecule has 0 saturated heterocycles. The molecule has 0 aliphatic heterocycles. The van der Waals surface area contributed by atoms with Crippen LogP contribution < -0.4 is 5.73 Å². The van der Waals surface area contributed by atoms with E-state index in [1.54, 1.807) is 0 Å². The lowest BCUT2D eigenvalue weighted by atomic mass is 10.0. The molecule has 30 heavy (non-hydrogen) atoms. The SMILES string of the molecule is CCCCCCCCCCCCCCCCCOC(=O)c1nc(Cl)c(Cl)c(N)c1Cl. The molecule has 0 fully saturated rings. The number of nitrogen functional groups attached to an aromatic ring is 1. The Balaban J connectivity index is 1.97. The third-order valence-electron chi connectivity index (χ3n) is 5.25. The number of carbonyl (C=O) groups excluding carboxylic acids is 1. The predicted molar refractivity (Wildman–Crippen MR) is 129 cm³/mol. The van der Waals surface area contributed by atoms with Crippen LogP contribution in [0.4, 0.5) is 5.69 Å². The number of nitrogens with zero attached hydrogens (tertiary/aromatic N) is 1. The molecule has 1 aromatic heterocycles. The van der Waals surface area contributed by atoms with E-state index in [1.807, 2.05) is 0 Å². The summed E-state index contributed by atoms with van der Waals surface area (Å²) >= 11 is 17.7. The Kier molecular flexibility index (Phi) is 15.4. The number of halogens is 3. The van der Waals surface area contributed by atoms with Crippen molar-refractivity contribution in [1.29, 1.82) is 0 Å². The monoisotopic (exact) mass is 478 g/mol. The largest absolute Gasteiger partial charge is 0.461 e. The second kappa shape index (κ2) is 16.9. The first kappa shape index (κ1) is 27.3. The maximum atomic E-state index is 12.1.